The van der Waals surface area contributed by atoms with Crippen molar-refractivity contribution in [3.63, 3.8) is 0 Å². The van der Waals surface area contributed by atoms with E-state index in [4.69, 9.17) is 19.4 Å². The highest BCUT2D eigenvalue weighted by Gasteiger charge is 2.66. The Morgan fingerprint density at radius 1 is 0.915 bits per heavy atom. The van der Waals surface area contributed by atoms with Gasteiger partial charge in [0.2, 0.25) is 0 Å². The SMILES string of the molecule is CCc1c(C)c2cc3nc4c(c5nc(cc6[nH]c(cc1[nH]2)c(C)c6CCC(=O)OC)C(CCC(=O)OC)=C5C)C=C(C#N)C1N(C)c2ccc(C=O)cc2C3(CC)C41C. The van der Waals surface area contributed by atoms with Gasteiger partial charge >= 0.3 is 11.9 Å². The molecule has 8 rings (SSSR count). The van der Waals surface area contributed by atoms with Crippen molar-refractivity contribution in [3.8, 4) is 6.07 Å². The zero-order chi connectivity index (χ0) is 42.1. The van der Waals surface area contributed by atoms with Crippen LogP contribution in [0.25, 0.3) is 39.3 Å². The maximum absolute atomic E-state index is 12.6. The van der Waals surface area contributed by atoms with Crippen molar-refractivity contribution < 1.29 is 23.9 Å². The van der Waals surface area contributed by atoms with Crippen LogP contribution in [0.1, 0.15) is 120 Å². The number of hydrogen-bond donors (Lipinski definition) is 2. The van der Waals surface area contributed by atoms with Gasteiger partial charge in [-0.05, 0) is 128 Å². The minimum absolute atomic E-state index is 0.150. The number of aryl methyl sites for hydroxylation is 4. The van der Waals surface area contributed by atoms with Crippen LogP contribution < -0.4 is 4.90 Å². The van der Waals surface area contributed by atoms with Gasteiger partial charge in [0.1, 0.15) is 6.29 Å². The van der Waals surface area contributed by atoms with Crippen LogP contribution in [-0.2, 0) is 42.7 Å². The van der Waals surface area contributed by atoms with Crippen LogP contribution in [0.15, 0.2) is 42.0 Å². The number of allylic oxidation sites excluding steroid dienone is 2. The van der Waals surface area contributed by atoms with E-state index in [1.54, 1.807) is 0 Å². The number of fused-ring (bicyclic) bond motifs is 11. The molecule has 8 bridgehead atoms. The summed E-state index contributed by atoms with van der Waals surface area (Å²) in [6.07, 6.45) is 5.45. The number of rotatable bonds is 9. The standard InChI is InChI=1S/C48H50N6O5/c1-10-30-25(3)36-22-41-48(11-2)34-18-28(24-55)12-15-40(34)54(7)46-29(23-49)19-33(45(53-41)47(46,48)6)44-27(5)32(14-17-43(57)59-9)39(52-44)21-38-31(13-16-42(56)58-8)26(4)35(50-38)20-37(30)51-36/h12,15,18-22,24,46,50-51H,10-11,13-14,16-17H2,1-9H3. The summed E-state index contributed by atoms with van der Waals surface area (Å²) in [5.74, 6) is -0.628. The number of aromatic nitrogens is 4. The van der Waals surface area contributed by atoms with Crippen molar-refractivity contribution in [1.82, 2.24) is 19.9 Å². The third-order valence-electron chi connectivity index (χ3n) is 13.8. The molecule has 3 aliphatic heterocycles. The Bertz CT molecular complexity index is 2780. The molecule has 6 heterocycles. The van der Waals surface area contributed by atoms with E-state index in [0.29, 0.717) is 41.8 Å². The Kier molecular flexibility index (Phi) is 9.73. The van der Waals surface area contributed by atoms with E-state index < -0.39 is 10.8 Å². The molecule has 3 unspecified atom stereocenters. The molecule has 3 atom stereocenters. The highest BCUT2D eigenvalue weighted by Crippen LogP contribution is 2.64. The van der Waals surface area contributed by atoms with Gasteiger partial charge in [0.25, 0.3) is 0 Å². The lowest BCUT2D eigenvalue weighted by atomic mass is 9.50. The summed E-state index contributed by atoms with van der Waals surface area (Å²) in [6.45, 7) is 12.8. The number of carbonyl (C=O) groups is 3. The summed E-state index contributed by atoms with van der Waals surface area (Å²) >= 11 is 0. The Morgan fingerprint density at radius 3 is 2.22 bits per heavy atom. The van der Waals surface area contributed by atoms with Gasteiger partial charge in [-0.2, -0.15) is 5.26 Å². The van der Waals surface area contributed by atoms with Crippen molar-refractivity contribution in [1.29, 1.82) is 5.26 Å². The van der Waals surface area contributed by atoms with E-state index in [-0.39, 0.29) is 30.8 Å². The molecule has 4 aromatic rings. The van der Waals surface area contributed by atoms with Gasteiger partial charge < -0.3 is 24.3 Å². The quantitative estimate of drug-likeness (QED) is 0.125. The average Bonchev–Trinajstić information content (AvgIpc) is 3.90. The number of likely N-dealkylation sites (N-methyl/N-ethyl adjacent to an activating group) is 1. The fourth-order valence-electron chi connectivity index (χ4n) is 10.8. The van der Waals surface area contributed by atoms with Gasteiger partial charge in [0, 0.05) is 58.8 Å². The van der Waals surface area contributed by atoms with E-state index in [0.717, 1.165) is 90.8 Å². The van der Waals surface area contributed by atoms with Gasteiger partial charge in [0.05, 0.1) is 65.5 Å². The second kappa shape index (κ2) is 14.5. The number of carbonyl (C=O) groups excluding carboxylic acids is 3. The lowest BCUT2D eigenvalue weighted by molar-refractivity contribution is -0.141. The summed E-state index contributed by atoms with van der Waals surface area (Å²) in [7, 11) is 4.81. The lowest BCUT2D eigenvalue weighted by Gasteiger charge is -2.57. The maximum Gasteiger partial charge on any atom is 0.305 e. The van der Waals surface area contributed by atoms with Crippen LogP contribution in [0.5, 0.6) is 0 Å². The van der Waals surface area contributed by atoms with Crippen LogP contribution in [-0.4, -0.2) is 65.5 Å². The van der Waals surface area contributed by atoms with Gasteiger partial charge in [-0.15, -0.1) is 0 Å². The molecule has 0 amide bonds. The number of methoxy groups -OCH3 is 2. The second-order valence-corrected chi connectivity index (χ2v) is 16.3. The number of aromatic amines is 2. The van der Waals surface area contributed by atoms with E-state index in [2.05, 4.69) is 67.7 Å². The third kappa shape index (κ3) is 5.63. The minimum atomic E-state index is -0.781. The monoisotopic (exact) mass is 790 g/mol. The summed E-state index contributed by atoms with van der Waals surface area (Å²) in [5, 5.41) is 11.1. The number of anilines is 1. The fourth-order valence-corrected chi connectivity index (χ4v) is 10.8. The molecule has 302 valence electrons. The van der Waals surface area contributed by atoms with Crippen molar-refractivity contribution in [2.24, 2.45) is 0 Å². The number of nitriles is 1. The van der Waals surface area contributed by atoms with E-state index in [9.17, 15) is 19.6 Å². The molecule has 0 fully saturated rings. The van der Waals surface area contributed by atoms with E-state index >= 15 is 0 Å². The molecule has 3 aromatic heterocycles. The number of aldehydes is 1. The average molecular weight is 791 g/mol. The topological polar surface area (TPSA) is 154 Å². The Morgan fingerprint density at radius 2 is 1.58 bits per heavy atom. The highest BCUT2D eigenvalue weighted by molar-refractivity contribution is 5.97. The molecular formula is C48H50N6O5. The Hall–Kier alpha value is -6.28. The van der Waals surface area contributed by atoms with Crippen LogP contribution >= 0.6 is 0 Å². The smallest absolute Gasteiger partial charge is 0.305 e. The zero-order valence-electron chi connectivity index (χ0n) is 35.3. The summed E-state index contributed by atoms with van der Waals surface area (Å²) in [6, 6.07) is 14.4. The first-order valence-electron chi connectivity index (χ1n) is 20.4. The molecule has 11 heteroatoms. The summed E-state index contributed by atoms with van der Waals surface area (Å²) < 4.78 is 10.1. The molecule has 0 saturated carbocycles. The molecular weight excluding hydrogens is 741 g/mol. The van der Waals surface area contributed by atoms with Gasteiger partial charge in [-0.1, -0.05) is 20.8 Å². The van der Waals surface area contributed by atoms with Crippen molar-refractivity contribution in [2.75, 3.05) is 26.2 Å². The van der Waals surface area contributed by atoms with E-state index in [1.165, 1.54) is 19.8 Å². The van der Waals surface area contributed by atoms with Crippen LogP contribution in [0.4, 0.5) is 5.69 Å². The normalized spacial score (nSPS) is 20.2. The zero-order valence-corrected chi connectivity index (χ0v) is 35.3. The molecule has 59 heavy (non-hydrogen) atoms. The molecule has 1 aromatic carbocycles. The molecule has 0 spiro atoms. The third-order valence-corrected chi connectivity index (χ3v) is 13.8. The number of H-pyrrole nitrogens is 2. The first-order chi connectivity index (χ1) is 28.3. The van der Waals surface area contributed by atoms with Gasteiger partial charge in [-0.25, -0.2) is 4.98 Å². The predicted octanol–water partition coefficient (Wildman–Crippen LogP) is 8.69. The molecule has 11 nitrogen and oxygen atoms in total. The summed E-state index contributed by atoms with van der Waals surface area (Å²) in [4.78, 5) is 58.3. The molecule has 4 aliphatic rings. The number of benzene rings is 1. The molecule has 2 N–H and O–H groups in total. The van der Waals surface area contributed by atoms with Crippen LogP contribution in [0, 0.1) is 25.2 Å². The molecule has 0 saturated heterocycles. The Labute approximate surface area is 344 Å². The molecule has 0 radical (unpaired) electrons. The number of esters is 2. The minimum Gasteiger partial charge on any atom is -0.469 e. The number of nitrogens with zero attached hydrogens (tertiary/aromatic N) is 4. The first kappa shape index (κ1) is 39.5. The van der Waals surface area contributed by atoms with Gasteiger partial charge in [0.15, 0.2) is 0 Å². The number of ether oxygens (including phenoxy) is 2. The second-order valence-electron chi connectivity index (χ2n) is 16.3. The highest BCUT2D eigenvalue weighted by atomic mass is 16.5. The van der Waals surface area contributed by atoms with Crippen LogP contribution in [0.3, 0.4) is 0 Å². The van der Waals surface area contributed by atoms with Crippen molar-refractivity contribution >= 4 is 63.2 Å². The van der Waals surface area contributed by atoms with Crippen molar-refractivity contribution in [2.45, 2.75) is 96.9 Å². The van der Waals surface area contributed by atoms with Gasteiger partial charge in [-0.3, -0.25) is 19.4 Å². The lowest BCUT2D eigenvalue weighted by Crippen LogP contribution is -2.63. The van der Waals surface area contributed by atoms with Crippen molar-refractivity contribution in [3.05, 3.63) is 104 Å². The summed E-state index contributed by atoms with van der Waals surface area (Å²) in [5.41, 5.74) is 15.0. The maximum atomic E-state index is 12.6. The number of nitrogens with one attached hydrogen (secondary N) is 2. The molecule has 1 aliphatic carbocycles. The first-order valence-corrected chi connectivity index (χ1v) is 20.4. The predicted molar refractivity (Wildman–Crippen MR) is 230 cm³/mol. The number of hydrogen-bond acceptors (Lipinski definition) is 9. The largest absolute Gasteiger partial charge is 0.469 e. The van der Waals surface area contributed by atoms with Crippen LogP contribution in [0.2, 0.25) is 0 Å². The Balaban J connectivity index is 1.59. The van der Waals surface area contributed by atoms with E-state index in [1.807, 2.05) is 44.3 Å². The fraction of sp³-hybridized carbons (Fsp3) is 0.375.